The molecule has 0 bridgehead atoms. The highest BCUT2D eigenvalue weighted by Crippen LogP contribution is 2.24. The van der Waals surface area contributed by atoms with Gasteiger partial charge in [0, 0.05) is 18.8 Å². The van der Waals surface area contributed by atoms with Crippen LogP contribution in [0.4, 0.5) is 10.1 Å². The Hall–Kier alpha value is -2.24. The number of rotatable bonds is 4. The highest BCUT2D eigenvalue weighted by Gasteiger charge is 2.23. The molecule has 0 saturated carbocycles. The van der Waals surface area contributed by atoms with Crippen molar-refractivity contribution in [1.29, 1.82) is 0 Å². The van der Waals surface area contributed by atoms with Crippen LogP contribution >= 0.6 is 0 Å². The minimum Gasteiger partial charge on any atom is -0.371 e. The van der Waals surface area contributed by atoms with Crippen molar-refractivity contribution in [3.8, 4) is 0 Å². The normalized spacial score (nSPS) is 17.9. The second-order valence-corrected chi connectivity index (χ2v) is 6.97. The Bertz CT molecular complexity index is 766. The summed E-state index contributed by atoms with van der Waals surface area (Å²) in [6.07, 6.45) is -0.139. The zero-order valence-corrected chi connectivity index (χ0v) is 15.5. The van der Waals surface area contributed by atoms with Crippen LogP contribution in [-0.2, 0) is 9.53 Å². The standard InChI is InChI=1S/C21H25FN2O2/c1-14-10-15(2)21(16(3)11-14)23-20(25)13-24-8-9-26-19(12-24)17-4-6-18(22)7-5-17/h4-7,10-11,19H,8-9,12-13H2,1-3H3,(H,23,25). The summed E-state index contributed by atoms with van der Waals surface area (Å²) < 4.78 is 18.9. The molecule has 1 aliphatic heterocycles. The molecule has 138 valence electrons. The van der Waals surface area contributed by atoms with Crippen LogP contribution in [0.25, 0.3) is 0 Å². The zero-order valence-electron chi connectivity index (χ0n) is 15.5. The van der Waals surface area contributed by atoms with E-state index in [1.165, 1.54) is 17.7 Å². The van der Waals surface area contributed by atoms with E-state index in [0.717, 1.165) is 22.4 Å². The first-order chi connectivity index (χ1) is 12.4. The number of hydrogen-bond acceptors (Lipinski definition) is 3. The number of nitrogens with zero attached hydrogens (tertiary/aromatic N) is 1. The first-order valence-electron chi connectivity index (χ1n) is 8.89. The van der Waals surface area contributed by atoms with Gasteiger partial charge >= 0.3 is 0 Å². The molecule has 1 unspecified atom stereocenters. The lowest BCUT2D eigenvalue weighted by Crippen LogP contribution is -2.42. The maximum atomic E-state index is 13.1. The average molecular weight is 356 g/mol. The van der Waals surface area contributed by atoms with Gasteiger partial charge in [0.2, 0.25) is 5.91 Å². The van der Waals surface area contributed by atoms with Gasteiger partial charge in [0.25, 0.3) is 0 Å². The SMILES string of the molecule is Cc1cc(C)c(NC(=O)CN2CCOC(c3ccc(F)cc3)C2)c(C)c1. The van der Waals surface area contributed by atoms with E-state index < -0.39 is 0 Å². The maximum Gasteiger partial charge on any atom is 0.238 e. The van der Waals surface area contributed by atoms with Crippen LogP contribution in [0.3, 0.4) is 0 Å². The number of hydrogen-bond donors (Lipinski definition) is 1. The van der Waals surface area contributed by atoms with Gasteiger partial charge in [-0.3, -0.25) is 9.69 Å². The lowest BCUT2D eigenvalue weighted by molar-refractivity contribution is -0.119. The quantitative estimate of drug-likeness (QED) is 0.907. The fraction of sp³-hybridized carbons (Fsp3) is 0.381. The van der Waals surface area contributed by atoms with Gasteiger partial charge in [-0.2, -0.15) is 0 Å². The molecular formula is C21H25FN2O2. The molecule has 0 aromatic heterocycles. The number of ether oxygens (including phenoxy) is 1. The van der Waals surface area contributed by atoms with Crippen LogP contribution in [0.2, 0.25) is 0 Å². The molecular weight excluding hydrogens is 331 g/mol. The fourth-order valence-corrected chi connectivity index (χ4v) is 3.48. The summed E-state index contributed by atoms with van der Waals surface area (Å²) in [6, 6.07) is 10.5. The topological polar surface area (TPSA) is 41.6 Å². The van der Waals surface area contributed by atoms with Gasteiger partial charge in [-0.05, 0) is 49.6 Å². The number of carbonyl (C=O) groups excluding carboxylic acids is 1. The van der Waals surface area contributed by atoms with E-state index in [4.69, 9.17) is 4.74 Å². The Morgan fingerprint density at radius 1 is 1.19 bits per heavy atom. The van der Waals surface area contributed by atoms with Crippen molar-refractivity contribution in [2.45, 2.75) is 26.9 Å². The predicted octanol–water partition coefficient (Wildman–Crippen LogP) is 3.76. The summed E-state index contributed by atoms with van der Waals surface area (Å²) in [4.78, 5) is 14.6. The molecule has 1 fully saturated rings. The Kier molecular flexibility index (Phi) is 5.69. The number of amides is 1. The van der Waals surface area contributed by atoms with Crippen molar-refractivity contribution in [3.63, 3.8) is 0 Å². The molecule has 0 aliphatic carbocycles. The maximum absolute atomic E-state index is 13.1. The first-order valence-corrected chi connectivity index (χ1v) is 8.89. The van der Waals surface area contributed by atoms with E-state index in [9.17, 15) is 9.18 Å². The van der Waals surface area contributed by atoms with E-state index in [1.54, 1.807) is 12.1 Å². The van der Waals surface area contributed by atoms with Crippen molar-refractivity contribution in [1.82, 2.24) is 4.90 Å². The number of carbonyl (C=O) groups is 1. The molecule has 1 N–H and O–H groups in total. The third-order valence-corrected chi connectivity index (χ3v) is 4.70. The molecule has 1 amide bonds. The van der Waals surface area contributed by atoms with Gasteiger partial charge in [0.15, 0.2) is 0 Å². The van der Waals surface area contributed by atoms with Crippen LogP contribution < -0.4 is 5.32 Å². The van der Waals surface area contributed by atoms with Gasteiger partial charge in [-0.1, -0.05) is 29.8 Å². The summed E-state index contributed by atoms with van der Waals surface area (Å²) in [5.74, 6) is -0.288. The van der Waals surface area contributed by atoms with Crippen molar-refractivity contribution in [3.05, 3.63) is 64.5 Å². The largest absolute Gasteiger partial charge is 0.371 e. The second-order valence-electron chi connectivity index (χ2n) is 6.97. The molecule has 5 heteroatoms. The van der Waals surface area contributed by atoms with Gasteiger partial charge in [0.05, 0.1) is 19.3 Å². The Morgan fingerprint density at radius 3 is 2.50 bits per heavy atom. The van der Waals surface area contributed by atoms with Gasteiger partial charge in [-0.25, -0.2) is 4.39 Å². The summed E-state index contributed by atoms with van der Waals surface area (Å²) in [7, 11) is 0. The van der Waals surface area contributed by atoms with E-state index >= 15 is 0 Å². The summed E-state index contributed by atoms with van der Waals surface area (Å²) in [5, 5.41) is 3.04. The van der Waals surface area contributed by atoms with E-state index in [0.29, 0.717) is 26.2 Å². The Balaban J connectivity index is 1.61. The minimum absolute atomic E-state index is 0.0280. The number of benzene rings is 2. The smallest absolute Gasteiger partial charge is 0.238 e. The van der Waals surface area contributed by atoms with Crippen LogP contribution in [0.15, 0.2) is 36.4 Å². The van der Waals surface area contributed by atoms with E-state index in [1.807, 2.05) is 13.8 Å². The third kappa shape index (κ3) is 4.48. The Morgan fingerprint density at radius 2 is 1.85 bits per heavy atom. The van der Waals surface area contributed by atoms with Crippen molar-refractivity contribution in [2.24, 2.45) is 0 Å². The first kappa shape index (κ1) is 18.5. The van der Waals surface area contributed by atoms with Crippen LogP contribution in [-0.4, -0.2) is 37.0 Å². The van der Waals surface area contributed by atoms with Crippen molar-refractivity contribution >= 4 is 11.6 Å². The highest BCUT2D eigenvalue weighted by atomic mass is 19.1. The molecule has 2 aromatic carbocycles. The van der Waals surface area contributed by atoms with Gasteiger partial charge < -0.3 is 10.1 Å². The molecule has 0 spiro atoms. The second kappa shape index (κ2) is 7.98. The fourth-order valence-electron chi connectivity index (χ4n) is 3.48. The number of morpholine rings is 1. The molecule has 3 rings (SSSR count). The number of nitrogens with one attached hydrogen (secondary N) is 1. The van der Waals surface area contributed by atoms with Crippen LogP contribution in [0, 0.1) is 26.6 Å². The molecule has 2 aromatic rings. The number of halogens is 1. The average Bonchev–Trinajstić information content (AvgIpc) is 2.59. The lowest BCUT2D eigenvalue weighted by atomic mass is 10.1. The molecule has 26 heavy (non-hydrogen) atoms. The highest BCUT2D eigenvalue weighted by molar-refractivity contribution is 5.93. The van der Waals surface area contributed by atoms with Crippen molar-refractivity contribution < 1.29 is 13.9 Å². The van der Waals surface area contributed by atoms with Crippen LogP contribution in [0.5, 0.6) is 0 Å². The van der Waals surface area contributed by atoms with Crippen LogP contribution in [0.1, 0.15) is 28.4 Å². The molecule has 4 nitrogen and oxygen atoms in total. The van der Waals surface area contributed by atoms with E-state index in [-0.39, 0.29) is 17.8 Å². The third-order valence-electron chi connectivity index (χ3n) is 4.70. The predicted molar refractivity (Wildman–Crippen MR) is 101 cm³/mol. The monoisotopic (exact) mass is 356 g/mol. The summed E-state index contributed by atoms with van der Waals surface area (Å²) in [6.45, 7) is 8.26. The zero-order chi connectivity index (χ0) is 18.7. The molecule has 1 saturated heterocycles. The molecule has 0 radical (unpaired) electrons. The van der Waals surface area contributed by atoms with Gasteiger partial charge in [-0.15, -0.1) is 0 Å². The lowest BCUT2D eigenvalue weighted by Gasteiger charge is -2.32. The number of aryl methyl sites for hydroxylation is 3. The number of anilines is 1. The molecule has 1 heterocycles. The van der Waals surface area contributed by atoms with Gasteiger partial charge in [0.1, 0.15) is 5.82 Å². The summed E-state index contributed by atoms with van der Waals surface area (Å²) >= 11 is 0. The molecule has 1 atom stereocenters. The summed E-state index contributed by atoms with van der Waals surface area (Å²) in [5.41, 5.74) is 5.16. The van der Waals surface area contributed by atoms with Crippen molar-refractivity contribution in [2.75, 3.05) is 31.6 Å². The molecule has 1 aliphatic rings. The minimum atomic E-state index is -0.260. The Labute approximate surface area is 154 Å². The van der Waals surface area contributed by atoms with E-state index in [2.05, 4.69) is 29.3 Å².